The van der Waals surface area contributed by atoms with Gasteiger partial charge in [-0.05, 0) is 30.2 Å². The highest BCUT2D eigenvalue weighted by Gasteiger charge is 2.43. The van der Waals surface area contributed by atoms with E-state index in [1.165, 1.54) is 0 Å². The number of hydrogen-bond acceptors (Lipinski definition) is 6. The standard InChI is InChI=1S/C24H32N2O6Si/c1-33(2,3)15-14-32-17-26-22(28)10-9-21(24(26)30)25-16-20-18(7-5-12-31-13-11-27)6-4-8-19(20)23(25)29/h4,6,8,21,27H,9-17H2,1-3H3. The SMILES string of the molecule is C[Si](C)(C)CCOCN1C(=O)CCC(N2Cc3c(C#CCOCCO)cccc3C2=O)C1=O. The van der Waals surface area contributed by atoms with Crippen LogP contribution in [0.15, 0.2) is 18.2 Å². The summed E-state index contributed by atoms with van der Waals surface area (Å²) in [6, 6.07) is 5.59. The fourth-order valence-corrected chi connectivity index (χ4v) is 4.58. The number of benzene rings is 1. The minimum atomic E-state index is -1.28. The predicted molar refractivity (Wildman–Crippen MR) is 125 cm³/mol. The molecule has 0 aromatic heterocycles. The molecule has 0 spiro atoms. The third-order valence-corrected chi connectivity index (χ3v) is 7.41. The second kappa shape index (κ2) is 11.1. The molecule has 0 bridgehead atoms. The summed E-state index contributed by atoms with van der Waals surface area (Å²) in [5.41, 5.74) is 2.02. The summed E-state index contributed by atoms with van der Waals surface area (Å²) in [7, 11) is -1.28. The molecule has 1 atom stereocenters. The number of aliphatic hydroxyl groups is 1. The van der Waals surface area contributed by atoms with Gasteiger partial charge in [0.05, 0.1) is 13.2 Å². The molecule has 3 rings (SSSR count). The monoisotopic (exact) mass is 472 g/mol. The Labute approximate surface area is 195 Å². The van der Waals surface area contributed by atoms with Crippen molar-refractivity contribution < 1.29 is 29.0 Å². The lowest BCUT2D eigenvalue weighted by Gasteiger charge is -2.35. The Morgan fingerprint density at radius 1 is 1.15 bits per heavy atom. The zero-order valence-corrected chi connectivity index (χ0v) is 20.6. The molecular weight excluding hydrogens is 440 g/mol. The van der Waals surface area contributed by atoms with Crippen LogP contribution >= 0.6 is 0 Å². The Morgan fingerprint density at radius 3 is 2.67 bits per heavy atom. The highest BCUT2D eigenvalue weighted by Crippen LogP contribution is 2.30. The summed E-state index contributed by atoms with van der Waals surface area (Å²) < 4.78 is 10.8. The smallest absolute Gasteiger partial charge is 0.255 e. The molecule has 1 unspecified atom stereocenters. The molecule has 2 aliphatic heterocycles. The number of carbonyl (C=O) groups is 3. The van der Waals surface area contributed by atoms with Crippen LogP contribution < -0.4 is 0 Å². The first-order valence-corrected chi connectivity index (χ1v) is 15.0. The van der Waals surface area contributed by atoms with E-state index in [1.54, 1.807) is 17.0 Å². The second-order valence-corrected chi connectivity index (χ2v) is 15.0. The predicted octanol–water partition coefficient (Wildman–Crippen LogP) is 1.83. The van der Waals surface area contributed by atoms with Gasteiger partial charge in [0, 0.05) is 38.8 Å². The molecule has 9 heteroatoms. The highest BCUT2D eigenvalue weighted by atomic mass is 28.3. The number of likely N-dealkylation sites (tertiary alicyclic amines) is 1. The minimum absolute atomic E-state index is 0.0653. The maximum Gasteiger partial charge on any atom is 0.255 e. The first-order valence-electron chi connectivity index (χ1n) is 11.2. The van der Waals surface area contributed by atoms with Gasteiger partial charge in [0.25, 0.3) is 11.8 Å². The Bertz CT molecular complexity index is 962. The van der Waals surface area contributed by atoms with E-state index in [9.17, 15) is 14.4 Å². The van der Waals surface area contributed by atoms with Gasteiger partial charge in [-0.15, -0.1) is 0 Å². The molecule has 1 fully saturated rings. The third kappa shape index (κ3) is 6.30. The largest absolute Gasteiger partial charge is 0.394 e. The third-order valence-electron chi connectivity index (χ3n) is 5.71. The topological polar surface area (TPSA) is 96.4 Å². The van der Waals surface area contributed by atoms with Crippen molar-refractivity contribution in [2.75, 3.05) is 33.2 Å². The van der Waals surface area contributed by atoms with Crippen molar-refractivity contribution in [1.29, 1.82) is 0 Å². The second-order valence-electron chi connectivity index (χ2n) is 9.41. The van der Waals surface area contributed by atoms with Gasteiger partial charge >= 0.3 is 0 Å². The van der Waals surface area contributed by atoms with Gasteiger partial charge in [-0.25, -0.2) is 0 Å². The van der Waals surface area contributed by atoms with E-state index in [2.05, 4.69) is 31.5 Å². The Hall–Kier alpha value is -2.51. The van der Waals surface area contributed by atoms with Crippen LogP contribution in [0, 0.1) is 11.8 Å². The molecule has 3 amide bonds. The number of amides is 3. The van der Waals surface area contributed by atoms with Gasteiger partial charge in [-0.3, -0.25) is 19.3 Å². The number of rotatable bonds is 9. The number of piperidine rings is 1. The lowest BCUT2D eigenvalue weighted by atomic mass is 10.0. The molecule has 0 radical (unpaired) electrons. The molecule has 0 aliphatic carbocycles. The summed E-state index contributed by atoms with van der Waals surface area (Å²) in [5, 5.41) is 8.77. The summed E-state index contributed by atoms with van der Waals surface area (Å²) in [5.74, 6) is 5.04. The van der Waals surface area contributed by atoms with Crippen molar-refractivity contribution in [2.45, 2.75) is 51.1 Å². The lowest BCUT2D eigenvalue weighted by Crippen LogP contribution is -2.55. The number of nitrogens with zero attached hydrogens (tertiary/aromatic N) is 2. The molecular formula is C24H32N2O6Si. The number of ether oxygens (including phenoxy) is 2. The molecule has 0 saturated carbocycles. The molecule has 1 saturated heterocycles. The van der Waals surface area contributed by atoms with Crippen LogP contribution in [0.25, 0.3) is 0 Å². The zero-order valence-electron chi connectivity index (χ0n) is 19.6. The molecule has 178 valence electrons. The van der Waals surface area contributed by atoms with Crippen molar-refractivity contribution in [2.24, 2.45) is 0 Å². The molecule has 33 heavy (non-hydrogen) atoms. The van der Waals surface area contributed by atoms with E-state index in [0.29, 0.717) is 24.2 Å². The number of imide groups is 1. The van der Waals surface area contributed by atoms with Gasteiger partial charge in [0.15, 0.2) is 0 Å². The van der Waals surface area contributed by atoms with Gasteiger partial charge in [0.2, 0.25) is 5.91 Å². The Morgan fingerprint density at radius 2 is 1.94 bits per heavy atom. The number of carbonyl (C=O) groups excluding carboxylic acids is 3. The van der Waals surface area contributed by atoms with Crippen LogP contribution in [0.4, 0.5) is 0 Å². The highest BCUT2D eigenvalue weighted by molar-refractivity contribution is 6.76. The van der Waals surface area contributed by atoms with Crippen LogP contribution in [0.2, 0.25) is 25.7 Å². The van der Waals surface area contributed by atoms with Crippen molar-refractivity contribution in [3.63, 3.8) is 0 Å². The maximum absolute atomic E-state index is 13.1. The normalized spacial score (nSPS) is 18.4. The first-order chi connectivity index (χ1) is 15.7. The van der Waals surface area contributed by atoms with Crippen molar-refractivity contribution in [3.8, 4) is 11.8 Å². The summed E-state index contributed by atoms with van der Waals surface area (Å²) in [6.45, 7) is 7.75. The average molecular weight is 473 g/mol. The van der Waals surface area contributed by atoms with Crippen LogP contribution in [0.1, 0.15) is 34.3 Å². The van der Waals surface area contributed by atoms with Crippen LogP contribution in [-0.4, -0.2) is 79.9 Å². The first kappa shape index (κ1) is 25.1. The summed E-state index contributed by atoms with van der Waals surface area (Å²) >= 11 is 0. The van der Waals surface area contributed by atoms with Gasteiger partial charge in [-0.2, -0.15) is 0 Å². The summed E-state index contributed by atoms with van der Waals surface area (Å²) in [6.07, 6.45) is 0.502. The van der Waals surface area contributed by atoms with Crippen molar-refractivity contribution >= 4 is 25.8 Å². The number of aliphatic hydroxyl groups excluding tert-OH is 1. The molecule has 1 N–H and O–H groups in total. The maximum atomic E-state index is 13.1. The Balaban J connectivity index is 1.68. The van der Waals surface area contributed by atoms with E-state index >= 15 is 0 Å². The van der Waals surface area contributed by atoms with Crippen LogP contribution in [-0.2, 0) is 25.6 Å². The van der Waals surface area contributed by atoms with Crippen molar-refractivity contribution in [1.82, 2.24) is 9.80 Å². The zero-order chi connectivity index (χ0) is 24.0. The molecule has 2 heterocycles. The fraction of sp³-hybridized carbons (Fsp3) is 0.542. The molecule has 1 aromatic carbocycles. The molecule has 1 aromatic rings. The van der Waals surface area contributed by atoms with Crippen molar-refractivity contribution in [3.05, 3.63) is 34.9 Å². The van der Waals surface area contributed by atoms with E-state index in [1.807, 2.05) is 6.07 Å². The fourth-order valence-electron chi connectivity index (χ4n) is 3.82. The average Bonchev–Trinajstić information content (AvgIpc) is 3.09. The van der Waals surface area contributed by atoms with E-state index in [-0.39, 0.29) is 57.2 Å². The molecule has 2 aliphatic rings. The molecule has 8 nitrogen and oxygen atoms in total. The Kier molecular flexibility index (Phi) is 8.43. The van der Waals surface area contributed by atoms with Gasteiger partial charge in [0.1, 0.15) is 19.4 Å². The van der Waals surface area contributed by atoms with E-state index in [0.717, 1.165) is 16.5 Å². The summed E-state index contributed by atoms with van der Waals surface area (Å²) in [4.78, 5) is 41.3. The number of hydrogen-bond donors (Lipinski definition) is 1. The lowest BCUT2D eigenvalue weighted by molar-refractivity contribution is -0.158. The van der Waals surface area contributed by atoms with E-state index in [4.69, 9.17) is 14.6 Å². The van der Waals surface area contributed by atoms with Crippen LogP contribution in [0.5, 0.6) is 0 Å². The quantitative estimate of drug-likeness (QED) is 0.255. The van der Waals surface area contributed by atoms with Gasteiger partial charge in [-0.1, -0.05) is 37.5 Å². The van der Waals surface area contributed by atoms with Crippen LogP contribution in [0.3, 0.4) is 0 Å². The van der Waals surface area contributed by atoms with Gasteiger partial charge < -0.3 is 19.5 Å². The minimum Gasteiger partial charge on any atom is -0.394 e. The van der Waals surface area contributed by atoms with E-state index < -0.39 is 14.1 Å². The number of fused-ring (bicyclic) bond motifs is 1.